The van der Waals surface area contributed by atoms with Gasteiger partial charge in [0.1, 0.15) is 11.5 Å². The summed E-state index contributed by atoms with van der Waals surface area (Å²) in [7, 11) is 3.21. The van der Waals surface area contributed by atoms with Crippen LogP contribution in [0.5, 0.6) is 11.5 Å². The average molecular weight is 533 g/mol. The van der Waals surface area contributed by atoms with Crippen LogP contribution in [0.15, 0.2) is 52.9 Å². The molecular formula is C32H40N2O5. The van der Waals surface area contributed by atoms with E-state index in [0.717, 1.165) is 29.9 Å². The third-order valence-corrected chi connectivity index (χ3v) is 7.42. The van der Waals surface area contributed by atoms with Crippen LogP contribution in [-0.4, -0.2) is 44.0 Å². The number of carbonyl (C=O) groups is 2. The molecule has 1 aromatic heterocycles. The molecule has 0 aliphatic carbocycles. The van der Waals surface area contributed by atoms with E-state index in [-0.39, 0.29) is 17.2 Å². The van der Waals surface area contributed by atoms with E-state index in [0.29, 0.717) is 54.7 Å². The highest BCUT2D eigenvalue weighted by Crippen LogP contribution is 2.32. The fourth-order valence-electron chi connectivity index (χ4n) is 5.01. The number of hydrogen-bond acceptors (Lipinski definition) is 5. The number of hydrogen-bond donors (Lipinski definition) is 1. The third-order valence-electron chi connectivity index (χ3n) is 7.42. The summed E-state index contributed by atoms with van der Waals surface area (Å²) in [4.78, 5) is 27.6. The Morgan fingerprint density at radius 3 is 2.23 bits per heavy atom. The number of methoxy groups -OCH3 is 2. The molecule has 2 heterocycles. The second-order valence-electron chi connectivity index (χ2n) is 11.3. The SMILES string of the molecule is COc1ccc(CCC(=O)Nc2ccc(C3CCN(C(=O)c4cc(C(C)(C)C)oc4C)CC3)cc2)cc1OC. The second kappa shape index (κ2) is 12.0. The molecule has 7 nitrogen and oxygen atoms in total. The van der Waals surface area contributed by atoms with Crippen molar-refractivity contribution >= 4 is 17.5 Å². The highest BCUT2D eigenvalue weighted by molar-refractivity contribution is 5.95. The smallest absolute Gasteiger partial charge is 0.257 e. The van der Waals surface area contributed by atoms with E-state index in [1.807, 2.05) is 48.2 Å². The largest absolute Gasteiger partial charge is 0.493 e. The minimum atomic E-state index is -0.132. The number of rotatable bonds is 8. The number of carbonyl (C=O) groups excluding carboxylic acids is 2. The topological polar surface area (TPSA) is 81.0 Å². The zero-order chi connectivity index (χ0) is 28.2. The van der Waals surface area contributed by atoms with Crippen LogP contribution >= 0.6 is 0 Å². The molecule has 39 heavy (non-hydrogen) atoms. The fraction of sp³-hybridized carbons (Fsp3) is 0.438. The second-order valence-corrected chi connectivity index (χ2v) is 11.3. The van der Waals surface area contributed by atoms with Gasteiger partial charge >= 0.3 is 0 Å². The van der Waals surface area contributed by atoms with Gasteiger partial charge in [-0.15, -0.1) is 0 Å². The molecule has 0 atom stereocenters. The summed E-state index contributed by atoms with van der Waals surface area (Å²) in [5.41, 5.74) is 3.57. The molecule has 0 radical (unpaired) electrons. The first kappa shape index (κ1) is 28.3. The maximum absolute atomic E-state index is 13.2. The maximum Gasteiger partial charge on any atom is 0.257 e. The molecule has 1 aliphatic heterocycles. The van der Waals surface area contributed by atoms with Gasteiger partial charge in [-0.05, 0) is 73.6 Å². The van der Waals surface area contributed by atoms with E-state index in [9.17, 15) is 9.59 Å². The molecule has 0 saturated carbocycles. The lowest BCUT2D eigenvalue weighted by molar-refractivity contribution is -0.116. The molecule has 0 bridgehead atoms. The van der Waals surface area contributed by atoms with Crippen molar-refractivity contribution in [1.82, 2.24) is 4.90 Å². The lowest BCUT2D eigenvalue weighted by Gasteiger charge is -2.32. The Balaban J connectivity index is 1.27. The Morgan fingerprint density at radius 2 is 1.64 bits per heavy atom. The minimum Gasteiger partial charge on any atom is -0.493 e. The van der Waals surface area contributed by atoms with Gasteiger partial charge in [-0.2, -0.15) is 0 Å². The standard InChI is InChI=1S/C32H40N2O5/c1-21-26(20-29(39-21)32(2,3)4)31(36)34-17-15-24(16-18-34)23-9-11-25(12-10-23)33-30(35)14-8-22-7-13-27(37-5)28(19-22)38-6/h7,9-13,19-20,24H,8,14-18H2,1-6H3,(H,33,35). The summed E-state index contributed by atoms with van der Waals surface area (Å²) >= 11 is 0. The van der Waals surface area contributed by atoms with E-state index in [2.05, 4.69) is 38.2 Å². The number of nitrogens with zero attached hydrogens (tertiary/aromatic N) is 1. The van der Waals surface area contributed by atoms with Crippen molar-refractivity contribution in [3.8, 4) is 11.5 Å². The molecule has 208 valence electrons. The number of anilines is 1. The van der Waals surface area contributed by atoms with Gasteiger partial charge in [-0.3, -0.25) is 9.59 Å². The van der Waals surface area contributed by atoms with Crippen LogP contribution in [0, 0.1) is 6.92 Å². The Labute approximate surface area is 231 Å². The molecule has 2 aromatic carbocycles. The molecule has 3 aromatic rings. The van der Waals surface area contributed by atoms with Crippen LogP contribution in [-0.2, 0) is 16.6 Å². The predicted octanol–water partition coefficient (Wildman–Crippen LogP) is 6.49. The highest BCUT2D eigenvalue weighted by atomic mass is 16.5. The number of benzene rings is 2. The molecule has 2 amide bonds. The van der Waals surface area contributed by atoms with Crippen LogP contribution < -0.4 is 14.8 Å². The number of amides is 2. The Bertz CT molecular complexity index is 1300. The van der Waals surface area contributed by atoms with E-state index < -0.39 is 0 Å². The molecule has 1 aliphatic rings. The lowest BCUT2D eigenvalue weighted by atomic mass is 9.89. The number of likely N-dealkylation sites (tertiary alicyclic amines) is 1. The van der Waals surface area contributed by atoms with Crippen molar-refractivity contribution in [1.29, 1.82) is 0 Å². The number of furan rings is 1. The van der Waals surface area contributed by atoms with Gasteiger partial charge in [-0.1, -0.05) is 39.0 Å². The molecule has 1 N–H and O–H groups in total. The summed E-state index contributed by atoms with van der Waals surface area (Å²) < 4.78 is 16.5. The minimum absolute atomic E-state index is 0.0338. The number of nitrogens with one attached hydrogen (secondary N) is 1. The number of aryl methyl sites for hydroxylation is 2. The normalized spacial score (nSPS) is 14.3. The molecular weight excluding hydrogens is 492 g/mol. The van der Waals surface area contributed by atoms with E-state index >= 15 is 0 Å². The van der Waals surface area contributed by atoms with Gasteiger partial charge in [0.05, 0.1) is 19.8 Å². The molecule has 0 unspecified atom stereocenters. The van der Waals surface area contributed by atoms with Crippen molar-refractivity contribution in [2.75, 3.05) is 32.6 Å². The van der Waals surface area contributed by atoms with Gasteiger partial charge in [0.15, 0.2) is 11.5 Å². The summed E-state index contributed by atoms with van der Waals surface area (Å²) in [5.74, 6) is 3.27. The Morgan fingerprint density at radius 1 is 0.974 bits per heavy atom. The van der Waals surface area contributed by atoms with Crippen LogP contribution in [0.2, 0.25) is 0 Å². The van der Waals surface area contributed by atoms with Crippen LogP contribution in [0.4, 0.5) is 5.69 Å². The Hall–Kier alpha value is -3.74. The first-order valence-corrected chi connectivity index (χ1v) is 13.6. The van der Waals surface area contributed by atoms with Crippen molar-refractivity contribution < 1.29 is 23.5 Å². The molecule has 4 rings (SSSR count). The van der Waals surface area contributed by atoms with Crippen molar-refractivity contribution in [2.45, 2.75) is 64.7 Å². The van der Waals surface area contributed by atoms with Crippen molar-refractivity contribution in [3.63, 3.8) is 0 Å². The number of piperidine rings is 1. The molecule has 1 fully saturated rings. The van der Waals surface area contributed by atoms with E-state index in [4.69, 9.17) is 13.9 Å². The summed E-state index contributed by atoms with van der Waals surface area (Å²) in [5, 5.41) is 2.99. The van der Waals surface area contributed by atoms with E-state index in [1.54, 1.807) is 14.2 Å². The van der Waals surface area contributed by atoms with Gasteiger partial charge in [-0.25, -0.2) is 0 Å². The predicted molar refractivity (Wildman–Crippen MR) is 153 cm³/mol. The lowest BCUT2D eigenvalue weighted by Crippen LogP contribution is -2.38. The van der Waals surface area contributed by atoms with E-state index in [1.165, 1.54) is 5.56 Å². The Kier molecular flexibility index (Phi) is 8.68. The molecule has 1 saturated heterocycles. The fourth-order valence-corrected chi connectivity index (χ4v) is 5.01. The summed E-state index contributed by atoms with van der Waals surface area (Å²) in [6.07, 6.45) is 2.80. The zero-order valence-corrected chi connectivity index (χ0v) is 23.9. The highest BCUT2D eigenvalue weighted by Gasteiger charge is 2.29. The van der Waals surface area contributed by atoms with Crippen LogP contribution in [0.25, 0.3) is 0 Å². The van der Waals surface area contributed by atoms with Crippen LogP contribution in [0.1, 0.15) is 79.0 Å². The number of ether oxygens (including phenoxy) is 2. The van der Waals surface area contributed by atoms with Gasteiger partial charge in [0.2, 0.25) is 5.91 Å². The average Bonchev–Trinajstić information content (AvgIpc) is 3.34. The monoisotopic (exact) mass is 532 g/mol. The first-order valence-electron chi connectivity index (χ1n) is 13.6. The summed E-state index contributed by atoms with van der Waals surface area (Å²) in [6.45, 7) is 9.55. The molecule has 0 spiro atoms. The van der Waals surface area contributed by atoms with Crippen LogP contribution in [0.3, 0.4) is 0 Å². The van der Waals surface area contributed by atoms with Crippen molar-refractivity contribution in [2.24, 2.45) is 0 Å². The first-order chi connectivity index (χ1) is 18.6. The van der Waals surface area contributed by atoms with Gasteiger partial charge in [0, 0.05) is 30.6 Å². The zero-order valence-electron chi connectivity index (χ0n) is 23.9. The van der Waals surface area contributed by atoms with Crippen molar-refractivity contribution in [3.05, 3.63) is 76.7 Å². The van der Waals surface area contributed by atoms with Gasteiger partial charge < -0.3 is 24.1 Å². The maximum atomic E-state index is 13.2. The third kappa shape index (κ3) is 6.83. The summed E-state index contributed by atoms with van der Waals surface area (Å²) in [6, 6.07) is 15.7. The molecule has 7 heteroatoms. The quantitative estimate of drug-likeness (QED) is 0.358. The van der Waals surface area contributed by atoms with Gasteiger partial charge in [0.25, 0.3) is 5.91 Å².